The summed E-state index contributed by atoms with van der Waals surface area (Å²) in [4.78, 5) is 11.9. The monoisotopic (exact) mass is 337 g/mol. The molecule has 0 fully saturated rings. The molecule has 0 aromatic heterocycles. The first kappa shape index (κ1) is 16.8. The van der Waals surface area contributed by atoms with Gasteiger partial charge in [0.1, 0.15) is 5.82 Å². The van der Waals surface area contributed by atoms with Gasteiger partial charge in [-0.2, -0.15) is 0 Å². The highest BCUT2D eigenvalue weighted by Gasteiger charge is 2.10. The highest BCUT2D eigenvalue weighted by Crippen LogP contribution is 2.19. The predicted octanol–water partition coefficient (Wildman–Crippen LogP) is 4.59. The lowest BCUT2D eigenvalue weighted by Crippen LogP contribution is -2.28. The van der Waals surface area contributed by atoms with Crippen LogP contribution in [0.3, 0.4) is 0 Å². The van der Waals surface area contributed by atoms with Crippen LogP contribution >= 0.6 is 23.4 Å². The Labute approximate surface area is 139 Å². The van der Waals surface area contributed by atoms with Gasteiger partial charge >= 0.3 is 0 Å². The molecule has 2 aromatic carbocycles. The Bertz CT molecular complexity index is 636. The number of thioether (sulfide) groups is 1. The van der Waals surface area contributed by atoms with E-state index >= 15 is 0 Å². The second-order valence-electron chi connectivity index (χ2n) is 4.93. The number of halogens is 2. The highest BCUT2D eigenvalue weighted by atomic mass is 35.5. The van der Waals surface area contributed by atoms with Crippen molar-refractivity contribution in [2.45, 2.75) is 18.7 Å². The Morgan fingerprint density at radius 3 is 2.68 bits per heavy atom. The summed E-state index contributed by atoms with van der Waals surface area (Å²) in [5.74, 6) is 0.337. The van der Waals surface area contributed by atoms with Crippen molar-refractivity contribution in [2.75, 3.05) is 5.75 Å². The molecule has 2 nitrogen and oxygen atoms in total. The van der Waals surface area contributed by atoms with Gasteiger partial charge in [0.25, 0.3) is 0 Å². The van der Waals surface area contributed by atoms with Crippen LogP contribution in [0.4, 0.5) is 4.39 Å². The molecular weight excluding hydrogens is 321 g/mol. The molecular formula is C17H17ClFNOS. The first-order chi connectivity index (χ1) is 10.6. The van der Waals surface area contributed by atoms with E-state index in [4.69, 9.17) is 11.6 Å². The molecule has 0 radical (unpaired) electrons. The second kappa shape index (κ2) is 8.20. The van der Waals surface area contributed by atoms with E-state index in [0.717, 1.165) is 5.56 Å². The van der Waals surface area contributed by atoms with Gasteiger partial charge in [-0.05, 0) is 30.2 Å². The zero-order valence-corrected chi connectivity index (χ0v) is 13.8. The molecule has 1 N–H and O–H groups in total. The normalized spacial score (nSPS) is 12.0. The second-order valence-corrected chi connectivity index (χ2v) is 6.35. The standard InChI is InChI=1S/C17H17ClFNOS/c1-12(13-5-3-2-4-6-13)20-17(21)11-22-10-14-7-8-15(18)9-16(14)19/h2-9,12H,10-11H2,1H3,(H,20,21)/t12-/m1/s1. The number of benzene rings is 2. The zero-order chi connectivity index (χ0) is 15.9. The summed E-state index contributed by atoms with van der Waals surface area (Å²) in [5, 5.41) is 3.31. The van der Waals surface area contributed by atoms with Gasteiger partial charge in [-0.3, -0.25) is 4.79 Å². The van der Waals surface area contributed by atoms with Crippen LogP contribution in [0.2, 0.25) is 5.02 Å². The molecule has 1 atom stereocenters. The summed E-state index contributed by atoms with van der Waals surface area (Å²) < 4.78 is 13.6. The highest BCUT2D eigenvalue weighted by molar-refractivity contribution is 7.99. The molecule has 0 bridgehead atoms. The predicted molar refractivity (Wildman–Crippen MR) is 90.6 cm³/mol. The van der Waals surface area contributed by atoms with Crippen LogP contribution in [0.15, 0.2) is 48.5 Å². The number of amides is 1. The summed E-state index contributed by atoms with van der Waals surface area (Å²) in [6.07, 6.45) is 0. The summed E-state index contributed by atoms with van der Waals surface area (Å²) >= 11 is 7.08. The molecule has 116 valence electrons. The molecule has 2 aromatic rings. The minimum atomic E-state index is -0.335. The van der Waals surface area contributed by atoms with Crippen LogP contribution in [-0.2, 0) is 10.5 Å². The molecule has 0 heterocycles. The lowest BCUT2D eigenvalue weighted by molar-refractivity contribution is -0.119. The maximum atomic E-state index is 13.6. The Balaban J connectivity index is 1.78. The van der Waals surface area contributed by atoms with Gasteiger partial charge in [0.2, 0.25) is 5.91 Å². The lowest BCUT2D eigenvalue weighted by Gasteiger charge is -2.14. The fourth-order valence-corrected chi connectivity index (χ4v) is 2.98. The Kier molecular flexibility index (Phi) is 6.28. The van der Waals surface area contributed by atoms with E-state index < -0.39 is 0 Å². The van der Waals surface area contributed by atoms with E-state index in [-0.39, 0.29) is 17.8 Å². The quantitative estimate of drug-likeness (QED) is 0.835. The van der Waals surface area contributed by atoms with E-state index in [9.17, 15) is 9.18 Å². The average molecular weight is 338 g/mol. The number of rotatable bonds is 6. The van der Waals surface area contributed by atoms with Crippen molar-refractivity contribution >= 4 is 29.3 Å². The number of carbonyl (C=O) groups is 1. The van der Waals surface area contributed by atoms with E-state index in [2.05, 4.69) is 5.32 Å². The largest absolute Gasteiger partial charge is 0.349 e. The van der Waals surface area contributed by atoms with Crippen LogP contribution < -0.4 is 5.32 Å². The molecule has 0 aliphatic rings. The van der Waals surface area contributed by atoms with Crippen LogP contribution in [-0.4, -0.2) is 11.7 Å². The van der Waals surface area contributed by atoms with Gasteiger partial charge in [0, 0.05) is 10.8 Å². The third-order valence-electron chi connectivity index (χ3n) is 3.18. The van der Waals surface area contributed by atoms with Crippen molar-refractivity contribution in [1.82, 2.24) is 5.32 Å². The fraction of sp³-hybridized carbons (Fsp3) is 0.235. The van der Waals surface area contributed by atoms with Gasteiger partial charge in [-0.25, -0.2) is 4.39 Å². The first-order valence-corrected chi connectivity index (χ1v) is 8.45. The molecule has 0 saturated carbocycles. The minimum absolute atomic E-state index is 0.0402. The van der Waals surface area contributed by atoms with Gasteiger partial charge in [0.15, 0.2) is 0 Å². The Morgan fingerprint density at radius 1 is 1.27 bits per heavy atom. The smallest absolute Gasteiger partial charge is 0.230 e. The van der Waals surface area contributed by atoms with E-state index in [1.54, 1.807) is 12.1 Å². The number of hydrogen-bond acceptors (Lipinski definition) is 2. The Hall–Kier alpha value is -1.52. The molecule has 0 aliphatic carbocycles. The molecule has 0 spiro atoms. The third-order valence-corrected chi connectivity index (χ3v) is 4.40. The number of hydrogen-bond donors (Lipinski definition) is 1. The summed E-state index contributed by atoms with van der Waals surface area (Å²) in [7, 11) is 0. The summed E-state index contributed by atoms with van der Waals surface area (Å²) in [6.45, 7) is 1.94. The first-order valence-electron chi connectivity index (χ1n) is 6.92. The number of carbonyl (C=O) groups excluding carboxylic acids is 1. The van der Waals surface area contributed by atoms with Gasteiger partial charge in [-0.1, -0.05) is 48.0 Å². The van der Waals surface area contributed by atoms with Crippen LogP contribution in [0.5, 0.6) is 0 Å². The van der Waals surface area contributed by atoms with Crippen molar-refractivity contribution in [2.24, 2.45) is 0 Å². The van der Waals surface area contributed by atoms with Crippen molar-refractivity contribution < 1.29 is 9.18 Å². The van der Waals surface area contributed by atoms with Crippen molar-refractivity contribution in [3.8, 4) is 0 Å². The molecule has 0 saturated heterocycles. The maximum Gasteiger partial charge on any atom is 0.230 e. The zero-order valence-electron chi connectivity index (χ0n) is 12.2. The van der Waals surface area contributed by atoms with Gasteiger partial charge in [-0.15, -0.1) is 11.8 Å². The fourth-order valence-electron chi connectivity index (χ4n) is 2.00. The van der Waals surface area contributed by atoms with E-state index in [1.807, 2.05) is 37.3 Å². The van der Waals surface area contributed by atoms with Gasteiger partial charge < -0.3 is 5.32 Å². The maximum absolute atomic E-state index is 13.6. The summed E-state index contributed by atoms with van der Waals surface area (Å²) in [6, 6.07) is 14.3. The topological polar surface area (TPSA) is 29.1 Å². The van der Waals surface area contributed by atoms with Crippen molar-refractivity contribution in [3.05, 3.63) is 70.5 Å². The molecule has 1 amide bonds. The molecule has 2 rings (SSSR count). The molecule has 0 aliphatic heterocycles. The van der Waals surface area contributed by atoms with Crippen LogP contribution in [0.25, 0.3) is 0 Å². The Morgan fingerprint density at radius 2 is 2.00 bits per heavy atom. The van der Waals surface area contributed by atoms with Crippen LogP contribution in [0.1, 0.15) is 24.1 Å². The summed E-state index contributed by atoms with van der Waals surface area (Å²) in [5.41, 5.74) is 1.61. The molecule has 5 heteroatoms. The van der Waals surface area contributed by atoms with E-state index in [1.165, 1.54) is 17.8 Å². The lowest BCUT2D eigenvalue weighted by atomic mass is 10.1. The minimum Gasteiger partial charge on any atom is -0.349 e. The van der Waals surface area contributed by atoms with Gasteiger partial charge in [0.05, 0.1) is 11.8 Å². The number of nitrogens with one attached hydrogen (secondary N) is 1. The van der Waals surface area contributed by atoms with E-state index in [0.29, 0.717) is 22.1 Å². The van der Waals surface area contributed by atoms with Crippen molar-refractivity contribution in [3.63, 3.8) is 0 Å². The molecule has 0 unspecified atom stereocenters. The molecule has 22 heavy (non-hydrogen) atoms. The van der Waals surface area contributed by atoms with Crippen molar-refractivity contribution in [1.29, 1.82) is 0 Å². The SMILES string of the molecule is C[C@@H](NC(=O)CSCc1ccc(Cl)cc1F)c1ccccc1. The third kappa shape index (κ3) is 5.04. The average Bonchev–Trinajstić information content (AvgIpc) is 2.50. The van der Waals surface area contributed by atoms with Crippen LogP contribution in [0, 0.1) is 5.82 Å².